The maximum absolute atomic E-state index is 13.6. The summed E-state index contributed by atoms with van der Waals surface area (Å²) >= 11 is 0. The SMILES string of the molecule is CCN(C(=O)c1ccccc1F)C1CCCNC1. The van der Waals surface area contributed by atoms with E-state index in [0.717, 1.165) is 25.9 Å². The molecule has 2 rings (SSSR count). The highest BCUT2D eigenvalue weighted by Gasteiger charge is 2.26. The van der Waals surface area contributed by atoms with Gasteiger partial charge in [0, 0.05) is 19.1 Å². The number of likely N-dealkylation sites (N-methyl/N-ethyl adjacent to an activating group) is 1. The summed E-state index contributed by atoms with van der Waals surface area (Å²) in [6, 6.07) is 6.36. The fraction of sp³-hybridized carbons (Fsp3) is 0.500. The van der Waals surface area contributed by atoms with Crippen molar-refractivity contribution in [1.29, 1.82) is 0 Å². The molecule has 0 radical (unpaired) electrons. The lowest BCUT2D eigenvalue weighted by atomic mass is 10.0. The minimum Gasteiger partial charge on any atom is -0.335 e. The molecule has 0 bridgehead atoms. The van der Waals surface area contributed by atoms with E-state index in [9.17, 15) is 9.18 Å². The second-order valence-electron chi connectivity index (χ2n) is 4.57. The van der Waals surface area contributed by atoms with Crippen LogP contribution >= 0.6 is 0 Å². The average Bonchev–Trinajstić information content (AvgIpc) is 2.41. The van der Waals surface area contributed by atoms with Crippen LogP contribution in [0.4, 0.5) is 4.39 Å². The van der Waals surface area contributed by atoms with Crippen LogP contribution in [0.2, 0.25) is 0 Å². The van der Waals surface area contributed by atoms with Gasteiger partial charge in [0.25, 0.3) is 5.91 Å². The van der Waals surface area contributed by atoms with Gasteiger partial charge in [0.05, 0.1) is 5.56 Å². The van der Waals surface area contributed by atoms with E-state index in [1.165, 1.54) is 6.07 Å². The topological polar surface area (TPSA) is 32.3 Å². The number of hydrogen-bond donors (Lipinski definition) is 1. The van der Waals surface area contributed by atoms with Gasteiger partial charge in [-0.05, 0) is 38.4 Å². The predicted octanol–water partition coefficient (Wildman–Crippen LogP) is 2.04. The van der Waals surface area contributed by atoms with Crippen LogP contribution in [0.1, 0.15) is 30.1 Å². The van der Waals surface area contributed by atoms with E-state index in [-0.39, 0.29) is 17.5 Å². The van der Waals surface area contributed by atoms with Crippen molar-refractivity contribution in [2.75, 3.05) is 19.6 Å². The molecule has 0 saturated carbocycles. The Bertz CT molecular complexity index is 416. The minimum absolute atomic E-state index is 0.171. The van der Waals surface area contributed by atoms with Crippen molar-refractivity contribution in [1.82, 2.24) is 10.2 Å². The third-order valence-electron chi connectivity index (χ3n) is 3.42. The summed E-state index contributed by atoms with van der Waals surface area (Å²) in [6.45, 7) is 4.35. The quantitative estimate of drug-likeness (QED) is 0.890. The van der Waals surface area contributed by atoms with Gasteiger partial charge < -0.3 is 10.2 Å². The summed E-state index contributed by atoms with van der Waals surface area (Å²) in [4.78, 5) is 14.1. The van der Waals surface area contributed by atoms with Crippen LogP contribution in [0.15, 0.2) is 24.3 Å². The zero-order valence-corrected chi connectivity index (χ0v) is 10.7. The van der Waals surface area contributed by atoms with Gasteiger partial charge >= 0.3 is 0 Å². The highest BCUT2D eigenvalue weighted by Crippen LogP contribution is 2.16. The number of amides is 1. The third kappa shape index (κ3) is 2.70. The standard InChI is InChI=1S/C14H19FN2O/c1-2-17(11-6-5-9-16-10-11)14(18)12-7-3-4-8-13(12)15/h3-4,7-8,11,16H,2,5-6,9-10H2,1H3. The van der Waals surface area contributed by atoms with Gasteiger partial charge in [-0.2, -0.15) is 0 Å². The maximum Gasteiger partial charge on any atom is 0.257 e. The monoisotopic (exact) mass is 250 g/mol. The number of piperidine rings is 1. The van der Waals surface area contributed by atoms with Crippen LogP contribution in [-0.2, 0) is 0 Å². The fourth-order valence-corrected chi connectivity index (χ4v) is 2.46. The van der Waals surface area contributed by atoms with Crippen molar-refractivity contribution in [2.45, 2.75) is 25.8 Å². The summed E-state index contributed by atoms with van der Waals surface area (Å²) in [5.74, 6) is -0.644. The van der Waals surface area contributed by atoms with E-state index in [0.29, 0.717) is 6.54 Å². The van der Waals surface area contributed by atoms with Crippen LogP contribution in [-0.4, -0.2) is 36.5 Å². The lowest BCUT2D eigenvalue weighted by Crippen LogP contribution is -2.48. The number of nitrogens with one attached hydrogen (secondary N) is 1. The molecule has 1 aromatic carbocycles. The Morgan fingerprint density at radius 2 is 2.28 bits per heavy atom. The first kappa shape index (κ1) is 13.0. The third-order valence-corrected chi connectivity index (χ3v) is 3.42. The first-order valence-corrected chi connectivity index (χ1v) is 6.50. The van der Waals surface area contributed by atoms with Crippen LogP contribution in [0.5, 0.6) is 0 Å². The van der Waals surface area contributed by atoms with Crippen molar-refractivity contribution in [3.8, 4) is 0 Å². The molecule has 1 unspecified atom stereocenters. The zero-order chi connectivity index (χ0) is 13.0. The molecule has 1 heterocycles. The van der Waals surface area contributed by atoms with Gasteiger partial charge in [0.1, 0.15) is 5.82 Å². The van der Waals surface area contributed by atoms with Gasteiger partial charge in [-0.15, -0.1) is 0 Å². The molecule has 1 atom stereocenters. The molecule has 1 aliphatic heterocycles. The van der Waals surface area contributed by atoms with Crippen LogP contribution in [0.3, 0.4) is 0 Å². The molecular formula is C14H19FN2O. The first-order chi connectivity index (χ1) is 8.74. The normalized spacial score (nSPS) is 19.6. The molecule has 4 heteroatoms. The second-order valence-corrected chi connectivity index (χ2v) is 4.57. The molecule has 1 aromatic rings. The Labute approximate surface area is 107 Å². The summed E-state index contributed by atoms with van der Waals surface area (Å²) in [7, 11) is 0. The van der Waals surface area contributed by atoms with Gasteiger partial charge in [-0.3, -0.25) is 4.79 Å². The molecule has 1 amide bonds. The fourth-order valence-electron chi connectivity index (χ4n) is 2.46. The summed E-state index contributed by atoms with van der Waals surface area (Å²) in [6.07, 6.45) is 2.05. The lowest BCUT2D eigenvalue weighted by molar-refractivity contribution is 0.0657. The largest absolute Gasteiger partial charge is 0.335 e. The number of hydrogen-bond acceptors (Lipinski definition) is 2. The van der Waals surface area contributed by atoms with E-state index < -0.39 is 5.82 Å². The average molecular weight is 250 g/mol. The predicted molar refractivity (Wildman–Crippen MR) is 69.0 cm³/mol. The molecule has 0 aliphatic carbocycles. The Morgan fingerprint density at radius 3 is 2.89 bits per heavy atom. The van der Waals surface area contributed by atoms with Crippen LogP contribution in [0.25, 0.3) is 0 Å². The van der Waals surface area contributed by atoms with Gasteiger partial charge in [0.15, 0.2) is 0 Å². The molecule has 98 valence electrons. The lowest BCUT2D eigenvalue weighted by Gasteiger charge is -2.34. The Kier molecular flexibility index (Phi) is 4.31. The molecule has 1 N–H and O–H groups in total. The number of nitrogens with zero attached hydrogens (tertiary/aromatic N) is 1. The Morgan fingerprint density at radius 1 is 1.50 bits per heavy atom. The van der Waals surface area contributed by atoms with Crippen LogP contribution < -0.4 is 5.32 Å². The Hall–Kier alpha value is -1.42. The number of benzene rings is 1. The van der Waals surface area contributed by atoms with Gasteiger partial charge in [0.2, 0.25) is 0 Å². The first-order valence-electron chi connectivity index (χ1n) is 6.50. The van der Waals surface area contributed by atoms with Crippen molar-refractivity contribution >= 4 is 5.91 Å². The van der Waals surface area contributed by atoms with Gasteiger partial charge in [-0.1, -0.05) is 12.1 Å². The summed E-state index contributed by atoms with van der Waals surface area (Å²) in [5.41, 5.74) is 0.171. The van der Waals surface area contributed by atoms with Crippen molar-refractivity contribution in [3.63, 3.8) is 0 Å². The highest BCUT2D eigenvalue weighted by molar-refractivity contribution is 5.94. The van der Waals surface area contributed by atoms with E-state index in [2.05, 4.69) is 5.32 Å². The molecule has 1 aliphatic rings. The number of rotatable bonds is 3. The Balaban J connectivity index is 2.17. The van der Waals surface area contributed by atoms with Gasteiger partial charge in [-0.25, -0.2) is 4.39 Å². The van der Waals surface area contributed by atoms with Crippen molar-refractivity contribution < 1.29 is 9.18 Å². The van der Waals surface area contributed by atoms with E-state index >= 15 is 0 Å². The number of carbonyl (C=O) groups is 1. The second kappa shape index (κ2) is 5.96. The number of halogens is 1. The molecule has 3 nitrogen and oxygen atoms in total. The zero-order valence-electron chi connectivity index (χ0n) is 10.7. The molecule has 1 saturated heterocycles. The molecule has 0 aromatic heterocycles. The minimum atomic E-state index is -0.440. The highest BCUT2D eigenvalue weighted by atomic mass is 19.1. The molecule has 0 spiro atoms. The van der Waals surface area contributed by atoms with Crippen molar-refractivity contribution in [3.05, 3.63) is 35.6 Å². The van der Waals surface area contributed by atoms with E-state index in [1.54, 1.807) is 23.1 Å². The van der Waals surface area contributed by atoms with E-state index in [4.69, 9.17) is 0 Å². The van der Waals surface area contributed by atoms with Crippen molar-refractivity contribution in [2.24, 2.45) is 0 Å². The molecule has 18 heavy (non-hydrogen) atoms. The molecular weight excluding hydrogens is 231 g/mol. The maximum atomic E-state index is 13.6. The molecule has 1 fully saturated rings. The van der Waals surface area contributed by atoms with E-state index in [1.807, 2.05) is 6.92 Å². The summed E-state index contributed by atoms with van der Waals surface area (Å²) < 4.78 is 13.6. The number of carbonyl (C=O) groups excluding carboxylic acids is 1. The van der Waals surface area contributed by atoms with Crippen LogP contribution in [0, 0.1) is 5.82 Å². The summed E-state index contributed by atoms with van der Waals surface area (Å²) in [5, 5.41) is 3.28. The smallest absolute Gasteiger partial charge is 0.257 e.